The van der Waals surface area contributed by atoms with Gasteiger partial charge in [-0.1, -0.05) is 15.9 Å². The fraction of sp³-hybridized carbons (Fsp3) is 0.750. The van der Waals surface area contributed by atoms with E-state index in [4.69, 9.17) is 14.2 Å². The molecule has 266 valence electrons. The summed E-state index contributed by atoms with van der Waals surface area (Å²) in [4.78, 5) is 91.4. The van der Waals surface area contributed by atoms with E-state index in [9.17, 15) is 74.4 Å². The van der Waals surface area contributed by atoms with Crippen LogP contribution in [-0.4, -0.2) is 164 Å². The average molecular weight is 744 g/mol. The highest BCUT2D eigenvalue weighted by Gasteiger charge is 2.88. The van der Waals surface area contributed by atoms with Crippen LogP contribution in [0.3, 0.4) is 0 Å². The highest BCUT2D eigenvalue weighted by atomic mass is 79.9. The van der Waals surface area contributed by atoms with Crippen LogP contribution in [0.25, 0.3) is 0 Å². The first-order valence-electron chi connectivity index (χ1n) is 14.0. The molecule has 0 saturated carbocycles. The molecular formula is C28H39BrO18. The molecule has 2 rings (SSSR count). The van der Waals surface area contributed by atoms with Gasteiger partial charge in [-0.3, -0.25) is 33.6 Å². The minimum atomic E-state index is -4.30. The van der Waals surface area contributed by atoms with Gasteiger partial charge in [0.05, 0.1) is 6.61 Å². The summed E-state index contributed by atoms with van der Waals surface area (Å²) in [5.41, 5.74) is -24.9. The van der Waals surface area contributed by atoms with E-state index in [2.05, 4.69) is 15.9 Å². The Morgan fingerprint density at radius 3 is 1.36 bits per heavy atom. The topological polar surface area (TPSA) is 309 Å². The number of hydrogen-bond donors (Lipinski definition) is 8. The van der Waals surface area contributed by atoms with Crippen molar-refractivity contribution in [2.75, 3.05) is 11.9 Å². The molecule has 0 spiro atoms. The summed E-state index contributed by atoms with van der Waals surface area (Å²) >= 11 is 2.99. The Labute approximate surface area is 275 Å². The minimum Gasteiger partial charge on any atom is -0.382 e. The molecule has 18 nitrogen and oxygen atoms in total. The van der Waals surface area contributed by atoms with Crippen LogP contribution in [0.15, 0.2) is 0 Å². The van der Waals surface area contributed by atoms with Gasteiger partial charge in [-0.15, -0.1) is 0 Å². The summed E-state index contributed by atoms with van der Waals surface area (Å²) in [7, 11) is 0. The molecule has 0 radical (unpaired) electrons. The van der Waals surface area contributed by atoms with Crippen molar-refractivity contribution >= 4 is 56.4 Å². The van der Waals surface area contributed by atoms with Crippen molar-refractivity contribution < 1.29 is 88.6 Å². The minimum absolute atomic E-state index is 0.0563. The largest absolute Gasteiger partial charge is 0.382 e. The zero-order valence-corrected chi connectivity index (χ0v) is 28.0. The van der Waals surface area contributed by atoms with Gasteiger partial charge < -0.3 is 55.1 Å². The van der Waals surface area contributed by atoms with E-state index in [1.165, 1.54) is 0 Å². The normalized spacial score (nSPS) is 41.8. The first-order valence-corrected chi connectivity index (χ1v) is 15.1. The molecule has 12 atom stereocenters. The third-order valence-corrected chi connectivity index (χ3v) is 9.46. The molecule has 8 N–H and O–H groups in total. The molecular weight excluding hydrogens is 704 g/mol. The first kappa shape index (κ1) is 40.9. The lowest BCUT2D eigenvalue weighted by Gasteiger charge is -2.66. The number of carbonyl (C=O) groups is 7. The Morgan fingerprint density at radius 1 is 0.617 bits per heavy atom. The van der Waals surface area contributed by atoms with Gasteiger partial charge in [0.15, 0.2) is 74.8 Å². The summed E-state index contributed by atoms with van der Waals surface area (Å²) in [5, 5.41) is 94.5. The van der Waals surface area contributed by atoms with Gasteiger partial charge in [-0.2, -0.15) is 0 Å². The van der Waals surface area contributed by atoms with Crippen LogP contribution in [0, 0.1) is 0 Å². The first-order chi connectivity index (χ1) is 21.2. The summed E-state index contributed by atoms with van der Waals surface area (Å²) in [6.45, 7) is 3.19. The lowest BCUT2D eigenvalue weighted by molar-refractivity contribution is -0.426. The van der Waals surface area contributed by atoms with Crippen LogP contribution in [0.4, 0.5) is 0 Å². The van der Waals surface area contributed by atoms with E-state index in [-0.39, 0.29) is 5.33 Å². The van der Waals surface area contributed by atoms with E-state index in [1.807, 2.05) is 0 Å². The van der Waals surface area contributed by atoms with Crippen LogP contribution >= 0.6 is 15.9 Å². The average Bonchev–Trinajstić information content (AvgIpc) is 2.96. The second-order valence-corrected chi connectivity index (χ2v) is 12.6. The lowest BCUT2D eigenvalue weighted by atomic mass is 9.51. The van der Waals surface area contributed by atoms with E-state index >= 15 is 0 Å². The van der Waals surface area contributed by atoms with Gasteiger partial charge in [-0.05, 0) is 48.5 Å². The van der Waals surface area contributed by atoms with Crippen molar-refractivity contribution in [1.82, 2.24) is 0 Å². The molecule has 0 aromatic carbocycles. The predicted molar refractivity (Wildman–Crippen MR) is 154 cm³/mol. The van der Waals surface area contributed by atoms with Crippen molar-refractivity contribution in [2.45, 2.75) is 119 Å². The second kappa shape index (κ2) is 13.2. The molecule has 0 aromatic rings. The Bertz CT molecular complexity index is 1370. The van der Waals surface area contributed by atoms with Crippen LogP contribution in [-0.2, 0) is 47.8 Å². The summed E-state index contributed by atoms with van der Waals surface area (Å²) in [6.07, 6.45) is -17.4. The third-order valence-electron chi connectivity index (χ3n) is 9.14. The Balaban J connectivity index is 3.39. The van der Waals surface area contributed by atoms with Gasteiger partial charge in [0.25, 0.3) is 0 Å². The zero-order chi connectivity index (χ0) is 37.0. The number of alkyl halides is 1. The summed E-state index contributed by atoms with van der Waals surface area (Å²) in [6, 6.07) is 0. The number of carbonyl (C=O) groups excluding carboxylic acids is 7. The van der Waals surface area contributed by atoms with Crippen LogP contribution in [0.2, 0.25) is 0 Å². The van der Waals surface area contributed by atoms with Crippen LogP contribution in [0.1, 0.15) is 48.5 Å². The molecule has 0 aromatic heterocycles. The number of Topliss-reactive ketones (excluding diaryl/α,β-unsaturated/α-hetero) is 7. The number of ketones is 7. The molecule has 0 amide bonds. The van der Waals surface area contributed by atoms with Gasteiger partial charge in [0, 0.05) is 5.33 Å². The van der Waals surface area contributed by atoms with Crippen molar-refractivity contribution in [1.29, 1.82) is 0 Å². The maximum Gasteiger partial charge on any atom is 0.212 e. The highest BCUT2D eigenvalue weighted by Crippen LogP contribution is 2.57. The Hall–Kier alpha value is -2.27. The number of aliphatic hydroxyl groups excluding tert-OH is 2. The molecule has 2 aliphatic rings. The summed E-state index contributed by atoms with van der Waals surface area (Å²) < 4.78 is 16.3. The quantitative estimate of drug-likeness (QED) is 0.0820. The van der Waals surface area contributed by atoms with Crippen molar-refractivity contribution in [2.24, 2.45) is 0 Å². The van der Waals surface area contributed by atoms with E-state index in [1.54, 1.807) is 0 Å². The number of hydrogen-bond acceptors (Lipinski definition) is 18. The lowest BCUT2D eigenvalue weighted by Crippen LogP contribution is -2.95. The van der Waals surface area contributed by atoms with E-state index in [0.29, 0.717) is 48.5 Å². The monoisotopic (exact) mass is 742 g/mol. The maximum atomic E-state index is 13.5. The predicted octanol–water partition coefficient (Wildman–Crippen LogP) is -4.88. The maximum absolute atomic E-state index is 13.5. The molecule has 47 heavy (non-hydrogen) atoms. The summed E-state index contributed by atoms with van der Waals surface area (Å²) in [5.74, 6) is -11.6. The Morgan fingerprint density at radius 2 is 1.02 bits per heavy atom. The molecule has 0 bridgehead atoms. The molecule has 2 heterocycles. The van der Waals surface area contributed by atoms with Crippen LogP contribution in [0.5, 0.6) is 0 Å². The Kier molecular flexibility index (Phi) is 11.5. The zero-order valence-electron chi connectivity index (χ0n) is 26.4. The molecule has 2 fully saturated rings. The number of ether oxygens (including phenoxy) is 3. The molecule has 0 aliphatic carbocycles. The van der Waals surface area contributed by atoms with Crippen molar-refractivity contribution in [3.63, 3.8) is 0 Å². The molecule has 19 heteroatoms. The van der Waals surface area contributed by atoms with Gasteiger partial charge in [-0.25, -0.2) is 0 Å². The van der Waals surface area contributed by atoms with Gasteiger partial charge >= 0.3 is 0 Å². The molecule has 2 saturated heterocycles. The SMILES string of the molecule is CC(=O)C(O)[C@H]1O[C@H](OCCBr)[C@@](O)(C(C)=O)[C@](O)(C(C)=O)[C@]1(O)[C@@H]1O[C@H](C(O)C(C)=O)[C@@](O)(C(C)=O)[C@@](O)(C(C)=O)[C@]1(O)C(C)=O. The standard InChI is InChI=1S/C28H39BrO18/c1-10(30)17(37)19-23(39,12(3)32)27(43,15(6)35)24(40,13(4)33)21(46-19)26(42)20(18(38)11(2)31)47-22(45-9-8-29)25(41,14(5)34)28(26,44)16(7)36/h17-22,37-44H,8-9H2,1-7H3/t17?,18?,19-,20-,21-,22+,23+,24+,25+,26-,27+,28-/m1/s1. The van der Waals surface area contributed by atoms with E-state index in [0.717, 1.165) is 0 Å². The number of rotatable bonds is 13. The van der Waals surface area contributed by atoms with Crippen molar-refractivity contribution in [3.8, 4) is 0 Å². The molecule has 2 aliphatic heterocycles. The second-order valence-electron chi connectivity index (χ2n) is 11.8. The van der Waals surface area contributed by atoms with Crippen molar-refractivity contribution in [3.05, 3.63) is 0 Å². The fourth-order valence-corrected chi connectivity index (χ4v) is 6.75. The number of halogens is 1. The smallest absolute Gasteiger partial charge is 0.212 e. The van der Waals surface area contributed by atoms with E-state index < -0.39 is 118 Å². The van der Waals surface area contributed by atoms with Crippen LogP contribution < -0.4 is 0 Å². The van der Waals surface area contributed by atoms with Gasteiger partial charge in [0.2, 0.25) is 5.60 Å². The third kappa shape index (κ3) is 5.14. The molecule has 2 unspecified atom stereocenters. The number of aliphatic hydroxyl groups is 8. The van der Waals surface area contributed by atoms with Gasteiger partial charge in [0.1, 0.15) is 30.5 Å². The fourth-order valence-electron chi connectivity index (χ4n) is 6.57. The highest BCUT2D eigenvalue weighted by molar-refractivity contribution is 9.09.